The molecule has 4 heteroatoms. The number of nitrogens with zero attached hydrogens (tertiary/aromatic N) is 2. The molecule has 4 nitrogen and oxygen atoms in total. The Morgan fingerprint density at radius 3 is 2.64 bits per heavy atom. The summed E-state index contributed by atoms with van der Waals surface area (Å²) in [5, 5.41) is 3.54. The van der Waals surface area contributed by atoms with Gasteiger partial charge in [-0.15, -0.1) is 0 Å². The summed E-state index contributed by atoms with van der Waals surface area (Å²) in [7, 11) is 3.94. The van der Waals surface area contributed by atoms with E-state index in [2.05, 4.69) is 53.4 Å². The summed E-state index contributed by atoms with van der Waals surface area (Å²) in [4.78, 5) is 6.59. The van der Waals surface area contributed by atoms with Gasteiger partial charge in [-0.3, -0.25) is 4.99 Å². The minimum Gasteiger partial charge on any atom is -0.382 e. The lowest BCUT2D eigenvalue weighted by Gasteiger charge is -2.24. The van der Waals surface area contributed by atoms with Crippen LogP contribution in [0.25, 0.3) is 0 Å². The van der Waals surface area contributed by atoms with E-state index < -0.39 is 0 Å². The van der Waals surface area contributed by atoms with E-state index in [1.165, 1.54) is 18.4 Å². The van der Waals surface area contributed by atoms with Crippen LogP contribution in [0.15, 0.2) is 35.3 Å². The molecule has 1 aliphatic rings. The monoisotopic (exact) mass is 303 g/mol. The van der Waals surface area contributed by atoms with Gasteiger partial charge in [-0.2, -0.15) is 0 Å². The van der Waals surface area contributed by atoms with E-state index in [4.69, 9.17) is 4.74 Å². The number of benzene rings is 1. The lowest BCUT2D eigenvalue weighted by Crippen LogP contribution is -2.41. The van der Waals surface area contributed by atoms with Crippen molar-refractivity contribution in [3.8, 4) is 0 Å². The normalized spacial score (nSPS) is 16.4. The Balaban J connectivity index is 1.80. The Kier molecular flexibility index (Phi) is 6.25. The van der Waals surface area contributed by atoms with Crippen molar-refractivity contribution in [1.82, 2.24) is 10.2 Å². The van der Waals surface area contributed by atoms with Gasteiger partial charge in [0.25, 0.3) is 0 Å². The Hall–Kier alpha value is -1.55. The van der Waals surface area contributed by atoms with Crippen LogP contribution in [0.5, 0.6) is 0 Å². The number of nitrogens with one attached hydrogen (secondary N) is 1. The molecule has 0 amide bonds. The van der Waals surface area contributed by atoms with Crippen LogP contribution < -0.4 is 5.32 Å². The van der Waals surface area contributed by atoms with Crippen molar-refractivity contribution < 1.29 is 4.74 Å². The number of hydrogen-bond acceptors (Lipinski definition) is 2. The van der Waals surface area contributed by atoms with Gasteiger partial charge in [0.1, 0.15) is 0 Å². The molecule has 0 atom stereocenters. The van der Waals surface area contributed by atoms with Crippen molar-refractivity contribution in [2.75, 3.05) is 33.9 Å². The highest BCUT2D eigenvalue weighted by Crippen LogP contribution is 2.48. The van der Waals surface area contributed by atoms with Crippen molar-refractivity contribution in [2.45, 2.75) is 32.7 Å². The molecule has 1 saturated carbocycles. The molecule has 0 aliphatic heterocycles. The van der Waals surface area contributed by atoms with Gasteiger partial charge in [0.2, 0.25) is 0 Å². The highest BCUT2D eigenvalue weighted by atomic mass is 16.5. The van der Waals surface area contributed by atoms with E-state index in [0.29, 0.717) is 5.41 Å². The summed E-state index contributed by atoms with van der Waals surface area (Å²) in [5.74, 6) is 0.964. The summed E-state index contributed by atoms with van der Waals surface area (Å²) < 4.78 is 5.50. The first-order valence-electron chi connectivity index (χ1n) is 8.22. The average molecular weight is 303 g/mol. The molecule has 122 valence electrons. The minimum absolute atomic E-state index is 0.429. The molecule has 1 aromatic rings. The number of rotatable bonds is 8. The molecule has 0 bridgehead atoms. The minimum atomic E-state index is 0.429. The first kappa shape index (κ1) is 16.8. The van der Waals surface area contributed by atoms with Crippen LogP contribution in [0.1, 0.15) is 31.7 Å². The largest absolute Gasteiger partial charge is 0.382 e. The van der Waals surface area contributed by atoms with Crippen LogP contribution in [0.4, 0.5) is 0 Å². The third-order valence-electron chi connectivity index (χ3n) is 4.40. The zero-order valence-electron chi connectivity index (χ0n) is 14.1. The standard InChI is InChI=1S/C18H29N3O/c1-4-22-13-12-18(10-11-18)15-20-17(19-2)21(3)14-16-8-6-5-7-9-16/h5-9H,4,10-15H2,1-3H3,(H,19,20). The molecule has 0 saturated heterocycles. The van der Waals surface area contributed by atoms with E-state index in [9.17, 15) is 0 Å². The van der Waals surface area contributed by atoms with Gasteiger partial charge >= 0.3 is 0 Å². The van der Waals surface area contributed by atoms with Crippen molar-refractivity contribution in [3.05, 3.63) is 35.9 Å². The first-order valence-corrected chi connectivity index (χ1v) is 8.22. The molecule has 1 N–H and O–H groups in total. The van der Waals surface area contributed by atoms with Gasteiger partial charge in [0.05, 0.1) is 0 Å². The van der Waals surface area contributed by atoms with Gasteiger partial charge in [-0.1, -0.05) is 30.3 Å². The molecule has 1 aromatic carbocycles. The van der Waals surface area contributed by atoms with Crippen LogP contribution in [0, 0.1) is 5.41 Å². The smallest absolute Gasteiger partial charge is 0.193 e. The molecule has 0 heterocycles. The van der Waals surface area contributed by atoms with Crippen molar-refractivity contribution in [3.63, 3.8) is 0 Å². The molecule has 0 aromatic heterocycles. The van der Waals surface area contributed by atoms with Crippen molar-refractivity contribution in [1.29, 1.82) is 0 Å². The fourth-order valence-corrected chi connectivity index (χ4v) is 2.71. The summed E-state index contributed by atoms with van der Waals surface area (Å²) in [5.41, 5.74) is 1.73. The summed E-state index contributed by atoms with van der Waals surface area (Å²) in [6.07, 6.45) is 3.74. The average Bonchev–Trinajstić information content (AvgIpc) is 3.29. The van der Waals surface area contributed by atoms with Gasteiger partial charge in [0, 0.05) is 40.4 Å². The molecule has 0 radical (unpaired) electrons. The first-order chi connectivity index (χ1) is 10.7. The van der Waals surface area contributed by atoms with E-state index in [1.54, 1.807) is 0 Å². The second kappa shape index (κ2) is 8.18. The van der Waals surface area contributed by atoms with Crippen LogP contribution in [-0.2, 0) is 11.3 Å². The second-order valence-electron chi connectivity index (χ2n) is 6.19. The predicted octanol–water partition coefficient (Wildman–Crippen LogP) is 2.90. The lowest BCUT2D eigenvalue weighted by molar-refractivity contribution is 0.128. The van der Waals surface area contributed by atoms with E-state index >= 15 is 0 Å². The Morgan fingerprint density at radius 1 is 1.32 bits per heavy atom. The Bertz CT molecular complexity index is 468. The van der Waals surface area contributed by atoms with Gasteiger partial charge in [0.15, 0.2) is 5.96 Å². The third kappa shape index (κ3) is 5.02. The topological polar surface area (TPSA) is 36.9 Å². The highest BCUT2D eigenvalue weighted by Gasteiger charge is 2.42. The SMILES string of the molecule is CCOCCC1(CNC(=NC)N(C)Cc2ccccc2)CC1. The second-order valence-corrected chi connectivity index (χ2v) is 6.19. The number of guanidine groups is 1. The molecular formula is C18H29N3O. The van der Waals surface area contributed by atoms with Gasteiger partial charge < -0.3 is 15.0 Å². The molecule has 22 heavy (non-hydrogen) atoms. The van der Waals surface area contributed by atoms with E-state index in [0.717, 1.165) is 38.7 Å². The van der Waals surface area contributed by atoms with Crippen LogP contribution in [0.3, 0.4) is 0 Å². The molecular weight excluding hydrogens is 274 g/mol. The molecule has 1 aliphatic carbocycles. The van der Waals surface area contributed by atoms with Gasteiger partial charge in [-0.05, 0) is 37.2 Å². The molecule has 1 fully saturated rings. The lowest BCUT2D eigenvalue weighted by atomic mass is 10.0. The maximum Gasteiger partial charge on any atom is 0.193 e. The maximum atomic E-state index is 5.50. The number of ether oxygens (including phenoxy) is 1. The zero-order valence-corrected chi connectivity index (χ0v) is 14.1. The number of aliphatic imine (C=N–C) groups is 1. The quantitative estimate of drug-likeness (QED) is 0.456. The zero-order chi connectivity index (χ0) is 15.8. The highest BCUT2D eigenvalue weighted by molar-refractivity contribution is 5.79. The predicted molar refractivity (Wildman–Crippen MR) is 92.0 cm³/mol. The summed E-state index contributed by atoms with van der Waals surface area (Å²) in [6, 6.07) is 10.5. The van der Waals surface area contributed by atoms with Crippen molar-refractivity contribution in [2.24, 2.45) is 10.4 Å². The number of hydrogen-bond donors (Lipinski definition) is 1. The van der Waals surface area contributed by atoms with E-state index in [1.807, 2.05) is 13.1 Å². The van der Waals surface area contributed by atoms with E-state index in [-0.39, 0.29) is 0 Å². The van der Waals surface area contributed by atoms with Crippen molar-refractivity contribution >= 4 is 5.96 Å². The summed E-state index contributed by atoms with van der Waals surface area (Å²) in [6.45, 7) is 5.60. The Morgan fingerprint density at radius 2 is 2.05 bits per heavy atom. The van der Waals surface area contributed by atoms with Crippen LogP contribution >= 0.6 is 0 Å². The Labute approximate surface area is 134 Å². The fourth-order valence-electron chi connectivity index (χ4n) is 2.71. The van der Waals surface area contributed by atoms with Crippen LogP contribution in [0.2, 0.25) is 0 Å². The fraction of sp³-hybridized carbons (Fsp3) is 0.611. The third-order valence-corrected chi connectivity index (χ3v) is 4.40. The van der Waals surface area contributed by atoms with Crippen LogP contribution in [-0.4, -0.2) is 44.7 Å². The van der Waals surface area contributed by atoms with Gasteiger partial charge in [-0.25, -0.2) is 0 Å². The molecule has 0 unspecified atom stereocenters. The maximum absolute atomic E-state index is 5.50. The summed E-state index contributed by atoms with van der Waals surface area (Å²) >= 11 is 0. The molecule has 2 rings (SSSR count). The molecule has 0 spiro atoms.